The first-order valence-corrected chi connectivity index (χ1v) is 59.0. The fraction of sp³-hybridized carbons (Fsp3) is 0.341. The number of ether oxygens (including phenoxy) is 1. The molecule has 0 radical (unpaired) electrons. The number of aromatic nitrogens is 4. The van der Waals surface area contributed by atoms with Crippen LogP contribution in [-0.4, -0.2) is 215 Å². The largest absolute Gasteiger partial charge is 0.495 e. The summed E-state index contributed by atoms with van der Waals surface area (Å²) in [5.41, 5.74) is 29.0. The Morgan fingerprint density at radius 2 is 0.678 bits per heavy atom. The Balaban J connectivity index is 0.000000157. The Labute approximate surface area is 893 Å². The molecule has 6 aliphatic heterocycles. The van der Waals surface area contributed by atoms with E-state index in [1.165, 1.54) is 125 Å². The molecule has 35 nitrogen and oxygen atoms in total. The summed E-state index contributed by atoms with van der Waals surface area (Å²) in [6.45, 7) is 13.2. The van der Waals surface area contributed by atoms with Gasteiger partial charge in [0.2, 0.25) is 95.9 Å². The van der Waals surface area contributed by atoms with Gasteiger partial charge in [0.15, 0.2) is 0 Å². The van der Waals surface area contributed by atoms with E-state index in [-0.39, 0.29) is 79.3 Å². The molecule has 0 bridgehead atoms. The zero-order chi connectivity index (χ0) is 109. The monoisotopic (exact) mass is 2420 g/mol. The zero-order valence-corrected chi connectivity index (χ0v) is 94.1. The number of methoxy groups -OCH3 is 1. The highest BCUT2D eigenvalue weighted by atomic mass is 79.9. The predicted molar refractivity (Wildman–Crippen MR) is 566 cm³/mol. The SMILES string of the molecule is CN1C(N)=N[C@](C)(c2sc(-c3cc(F)cc(C(F)(F)F)c3)cc2Cl)CS1(=O)=O.CN1C(N)=N[C@](C)(c2sc(-c3cncc(F)c3)cc2Cl)CS1(=O)=O.CN1C(N)=N[C@](C)(c2sc(-c3cncnc3)cc2Cl)CS1(=O)=O.COc1cncc(-c2cc(Cl)c([C@]3(C)CS(=O)(=O)N(C)C(N)=N3)s2)c1.C[C@H]1[C@@](C)(c2cc(Br)cs2)N=C(N)N(C)S1(=O)=O.Cc1cc(-c2cc(Cl)c([C@]3(C)CS(=O)(=O)N(C)C(N)=N3)s2)cc(C(F)(F)F)c1. The molecule has 0 spiro atoms. The van der Waals surface area contributed by atoms with Crippen LogP contribution in [0.4, 0.5) is 35.1 Å². The van der Waals surface area contributed by atoms with Crippen LogP contribution in [0.1, 0.15) is 94.4 Å². The van der Waals surface area contributed by atoms with Crippen molar-refractivity contribution < 1.29 is 90.4 Å². The number of hydrogen-bond donors (Lipinski definition) is 6. The van der Waals surface area contributed by atoms with E-state index in [1.807, 2.05) is 17.5 Å². The van der Waals surface area contributed by atoms with Gasteiger partial charge in [-0.1, -0.05) is 64.1 Å². The number of nitrogens with two attached hydrogens (primary N) is 6. The molecule has 0 unspecified atom stereocenters. The third-order valence-electron chi connectivity index (χ3n) is 23.3. The average Bonchev–Trinajstić information content (AvgIpc) is 0.883. The maximum atomic E-state index is 13.7. The quantitative estimate of drug-likeness (QED) is 0.0619. The molecule has 0 saturated heterocycles. The minimum atomic E-state index is -4.71. The molecule has 17 rings (SSSR count). The highest BCUT2D eigenvalue weighted by Gasteiger charge is 2.52. The van der Waals surface area contributed by atoms with E-state index in [0.717, 1.165) is 109 Å². The lowest BCUT2D eigenvalue weighted by Crippen LogP contribution is -2.54. The molecule has 0 saturated carbocycles. The highest BCUT2D eigenvalue weighted by molar-refractivity contribution is 9.10. The minimum absolute atomic E-state index is 0.0261. The molecule has 61 heteroatoms. The number of hydrogen-bond acceptors (Lipinski definition) is 35. The first kappa shape index (κ1) is 115. The molecule has 0 fully saturated rings. The Morgan fingerprint density at radius 1 is 0.384 bits per heavy atom. The highest BCUT2D eigenvalue weighted by Crippen LogP contribution is 2.52. The minimum Gasteiger partial charge on any atom is -0.495 e. The summed E-state index contributed by atoms with van der Waals surface area (Å²) in [6.07, 6.45) is 1.51. The zero-order valence-electron chi connectivity index (χ0n) is 78.9. The maximum absolute atomic E-state index is 13.7. The van der Waals surface area contributed by atoms with Gasteiger partial charge >= 0.3 is 12.4 Å². The second-order valence-electron chi connectivity index (χ2n) is 34.6. The van der Waals surface area contributed by atoms with Crippen LogP contribution in [0.25, 0.3) is 52.2 Å². The van der Waals surface area contributed by atoms with Gasteiger partial charge in [-0.25, -0.2) is 125 Å². The number of guanidine groups is 6. The van der Waals surface area contributed by atoms with Gasteiger partial charge in [0, 0.05) is 123 Å². The molecular weight excluding hydrogens is 2330 g/mol. The van der Waals surface area contributed by atoms with E-state index < -0.39 is 139 Å². The van der Waals surface area contributed by atoms with Gasteiger partial charge in [0.05, 0.1) is 109 Å². The molecule has 9 aromatic heterocycles. The van der Waals surface area contributed by atoms with Crippen LogP contribution in [0.2, 0.25) is 25.1 Å². The van der Waals surface area contributed by atoms with Crippen LogP contribution >= 0.6 is 142 Å². The van der Waals surface area contributed by atoms with Crippen molar-refractivity contribution in [3.8, 4) is 58.0 Å². The van der Waals surface area contributed by atoms with E-state index in [9.17, 15) is 85.6 Å². The third kappa shape index (κ3) is 24.4. The Kier molecular flexibility index (Phi) is 33.2. The fourth-order valence-electron chi connectivity index (χ4n) is 15.2. The summed E-state index contributed by atoms with van der Waals surface area (Å²) in [4.78, 5) is 48.4. The van der Waals surface area contributed by atoms with Crippen molar-refractivity contribution in [2.24, 2.45) is 64.4 Å². The predicted octanol–water partition coefficient (Wildman–Crippen LogP) is 16.3. The summed E-state index contributed by atoms with van der Waals surface area (Å²) >= 11 is 42.5. The lowest BCUT2D eigenvalue weighted by molar-refractivity contribution is -0.138. The lowest BCUT2D eigenvalue weighted by Gasteiger charge is -2.38. The van der Waals surface area contributed by atoms with E-state index in [2.05, 4.69) is 65.8 Å². The number of rotatable bonds is 12. The van der Waals surface area contributed by atoms with Crippen molar-refractivity contribution in [2.75, 3.05) is 78.2 Å². The second-order valence-corrected chi connectivity index (χ2v) is 56.0. The summed E-state index contributed by atoms with van der Waals surface area (Å²) in [5.74, 6) is -2.88. The van der Waals surface area contributed by atoms with Crippen LogP contribution in [0, 0.1) is 18.6 Å². The van der Waals surface area contributed by atoms with Crippen molar-refractivity contribution in [2.45, 2.75) is 106 Å². The molecule has 6 aliphatic rings. The molecule has 15 heterocycles. The number of benzene rings is 2. The average molecular weight is 2420 g/mol. The summed E-state index contributed by atoms with van der Waals surface area (Å²) in [6, 6.07) is 19.0. The summed E-state index contributed by atoms with van der Waals surface area (Å²) < 4.78 is 265. The normalized spacial score (nSPS) is 23.8. The van der Waals surface area contributed by atoms with Crippen molar-refractivity contribution in [3.63, 3.8) is 0 Å². The number of halogens is 14. The van der Waals surface area contributed by atoms with Crippen LogP contribution in [0.15, 0.2) is 168 Å². The maximum Gasteiger partial charge on any atom is 0.416 e. The Hall–Kier alpha value is -9.49. The fourth-order valence-corrected chi connectivity index (χ4v) is 34.2. The van der Waals surface area contributed by atoms with Crippen molar-refractivity contribution in [1.29, 1.82) is 0 Å². The molecular formula is C85H90BrCl5F8N22O13S12. The Morgan fingerprint density at radius 3 is 0.993 bits per heavy atom. The third-order valence-corrected chi connectivity index (χ3v) is 46.5. The van der Waals surface area contributed by atoms with Crippen molar-refractivity contribution >= 4 is 238 Å². The molecule has 788 valence electrons. The van der Waals surface area contributed by atoms with E-state index >= 15 is 0 Å². The number of aliphatic imine (C=N–C) groups is 6. The van der Waals surface area contributed by atoms with Gasteiger partial charge in [0.1, 0.15) is 62.2 Å². The van der Waals surface area contributed by atoms with Gasteiger partial charge in [0.25, 0.3) is 0 Å². The van der Waals surface area contributed by atoms with Gasteiger partial charge < -0.3 is 39.1 Å². The van der Waals surface area contributed by atoms with Gasteiger partial charge in [-0.05, 0) is 167 Å². The summed E-state index contributed by atoms with van der Waals surface area (Å²) in [7, 11) is -11.9. The van der Waals surface area contributed by atoms with Crippen molar-refractivity contribution in [1.82, 2.24) is 45.8 Å². The van der Waals surface area contributed by atoms with Crippen LogP contribution in [0.3, 0.4) is 0 Å². The van der Waals surface area contributed by atoms with Gasteiger partial charge in [-0.2, -0.15) is 26.3 Å². The number of thiophene rings is 6. The molecule has 0 aliphatic carbocycles. The van der Waals surface area contributed by atoms with Crippen LogP contribution in [-0.2, 0) is 106 Å². The lowest BCUT2D eigenvalue weighted by atomic mass is 9.97. The molecule has 7 atom stereocenters. The molecule has 12 N–H and O–H groups in total. The number of alkyl halides is 6. The molecule has 0 amide bonds. The van der Waals surface area contributed by atoms with E-state index in [1.54, 1.807) is 105 Å². The van der Waals surface area contributed by atoms with Crippen molar-refractivity contribution in [3.05, 3.63) is 221 Å². The smallest absolute Gasteiger partial charge is 0.416 e. The van der Waals surface area contributed by atoms with Crippen LogP contribution < -0.4 is 39.1 Å². The Bertz CT molecular complexity index is 7730. The molecule has 146 heavy (non-hydrogen) atoms. The van der Waals surface area contributed by atoms with Crippen LogP contribution in [0.5, 0.6) is 5.75 Å². The number of aryl methyl sites for hydroxylation is 1. The molecule has 11 aromatic rings. The van der Waals surface area contributed by atoms with Gasteiger partial charge in [-0.3, -0.25) is 9.97 Å². The van der Waals surface area contributed by atoms with Gasteiger partial charge in [-0.15, -0.1) is 68.0 Å². The topological polar surface area (TPSA) is 515 Å². The first-order valence-electron chi connectivity index (χ1n) is 41.8. The number of pyridine rings is 2. The first-order chi connectivity index (χ1) is 67.2. The molecule has 2 aromatic carbocycles. The van der Waals surface area contributed by atoms with E-state index in [0.29, 0.717) is 77.7 Å². The van der Waals surface area contributed by atoms with E-state index in [4.69, 9.17) is 97.1 Å². The number of nitrogens with zero attached hydrogens (tertiary/aromatic N) is 16. The number of sulfonamides is 6. The second kappa shape index (κ2) is 42.0. The standard InChI is InChI=1S/C17H17ClF3N3O2S2.C16H14ClF4N3O2S2.C15H17ClN4O3S2.C14H14ClFN4O2S2.C13H14ClN5O2S2.C10H14BrN3O2S2/c1-9-4-10(6-11(5-9)17(19,20)21)13-7-12(18)14(27-13)16(2)8-28(25,26)24(3)15(22)23-16;1-15(7-28(25,26)24(2)14(22)23-15)13-11(17)6-12(27-13)8-3-9(16(19,20)21)5-10(18)4-8;1-15(8-25(21,22)20(2)14(17)19-15)13-11(16)5-12(24-13)9-4-10(23-3)7-18-6-9;1-14(7-24(21,22)20(2)13(17)19-14)12-10(15)4-11(23-12)8-3-9(16)6-18-5-8;1-13(6-23(20,21)19(2)12(15)18-13)11-9(14)3-10(22-11)8-4-16-7-17-5-8;1-6-10(2,8-4-7(11)5-17-8)13-9(12)14(3)18(6,15)16/h4-7H,8H2,1-3H3,(H2,22,23);3-6H,7H2,1-2H3,(H2,22,23);4-7H,8H2,1-3H3,(H2,17,19);3-6H,7H2,1-2H3,(H2,17,19);3-5,7H,6H2,1-2H3,(H2,15,18);4-6H,1-3H3,(H2,12,13)/t16-;2*15-;14-;13-;6-,10-/m000000/s1. The summed E-state index contributed by atoms with van der Waals surface area (Å²) in [5, 5.41) is 2.84.